The number of nitrogens with zero attached hydrogens (tertiary/aromatic N) is 2. The normalized spacial score (nSPS) is 14.5. The fraction of sp³-hybridized carbons (Fsp3) is 0.350. The molecule has 0 aliphatic heterocycles. The number of nitro groups is 1. The number of rotatable bonds is 7. The van der Waals surface area contributed by atoms with Crippen LogP contribution >= 0.6 is 0 Å². The fourth-order valence-corrected chi connectivity index (χ4v) is 3.13. The van der Waals surface area contributed by atoms with Crippen molar-refractivity contribution in [3.05, 3.63) is 69.8 Å². The van der Waals surface area contributed by atoms with Gasteiger partial charge in [0, 0.05) is 18.7 Å². The van der Waals surface area contributed by atoms with Crippen LogP contribution in [0.2, 0.25) is 0 Å². The van der Waals surface area contributed by atoms with Gasteiger partial charge in [0.25, 0.3) is 11.6 Å². The van der Waals surface area contributed by atoms with E-state index in [-0.39, 0.29) is 23.2 Å². The molecule has 1 unspecified atom stereocenters. The number of nitro benzene ring substituents is 1. The number of carbonyl (C=O) groups excluding carboxylic acids is 1. The molecule has 6 nitrogen and oxygen atoms in total. The van der Waals surface area contributed by atoms with Crippen molar-refractivity contribution in [3.8, 4) is 5.75 Å². The van der Waals surface area contributed by atoms with E-state index in [2.05, 4.69) is 0 Å². The Morgan fingerprint density at radius 3 is 2.46 bits per heavy atom. The van der Waals surface area contributed by atoms with Gasteiger partial charge in [0.2, 0.25) is 0 Å². The van der Waals surface area contributed by atoms with Crippen LogP contribution in [0.15, 0.2) is 48.5 Å². The van der Waals surface area contributed by atoms with Gasteiger partial charge in [-0.05, 0) is 49.4 Å². The maximum absolute atomic E-state index is 13.2. The van der Waals surface area contributed by atoms with E-state index in [1.54, 1.807) is 24.1 Å². The first-order valence-electron chi connectivity index (χ1n) is 8.68. The molecule has 1 saturated carbocycles. The summed E-state index contributed by atoms with van der Waals surface area (Å²) >= 11 is 0. The van der Waals surface area contributed by atoms with Crippen molar-refractivity contribution in [2.45, 2.75) is 32.4 Å². The molecule has 136 valence electrons. The van der Waals surface area contributed by atoms with Crippen molar-refractivity contribution in [1.29, 1.82) is 0 Å². The van der Waals surface area contributed by atoms with E-state index in [0.29, 0.717) is 12.5 Å². The summed E-state index contributed by atoms with van der Waals surface area (Å²) < 4.78 is 5.17. The van der Waals surface area contributed by atoms with E-state index in [9.17, 15) is 14.9 Å². The molecule has 6 heteroatoms. The monoisotopic (exact) mass is 354 g/mol. The lowest BCUT2D eigenvalue weighted by Crippen LogP contribution is -2.39. The number of hydrogen-bond donors (Lipinski definition) is 0. The van der Waals surface area contributed by atoms with Crippen LogP contribution in [0, 0.1) is 16.0 Å². The molecule has 26 heavy (non-hydrogen) atoms. The third-order valence-corrected chi connectivity index (χ3v) is 4.90. The highest BCUT2D eigenvalue weighted by atomic mass is 16.6. The molecule has 0 radical (unpaired) electrons. The van der Waals surface area contributed by atoms with Gasteiger partial charge in [0.15, 0.2) is 0 Å². The second-order valence-electron chi connectivity index (χ2n) is 6.63. The molecule has 0 saturated heterocycles. The number of carbonyl (C=O) groups is 1. The second kappa shape index (κ2) is 7.56. The Labute approximate surface area is 152 Å². The van der Waals surface area contributed by atoms with Crippen molar-refractivity contribution in [1.82, 2.24) is 4.90 Å². The number of para-hydroxylation sites is 1. The third-order valence-electron chi connectivity index (χ3n) is 4.90. The molecule has 1 aliphatic rings. The van der Waals surface area contributed by atoms with Crippen LogP contribution in [0.4, 0.5) is 5.69 Å². The highest BCUT2D eigenvalue weighted by molar-refractivity contribution is 5.98. The Hall–Kier alpha value is -2.89. The molecule has 0 heterocycles. The zero-order valence-electron chi connectivity index (χ0n) is 14.9. The lowest BCUT2D eigenvalue weighted by molar-refractivity contribution is -0.385. The summed E-state index contributed by atoms with van der Waals surface area (Å²) in [7, 11) is 1.61. The minimum Gasteiger partial charge on any atom is -0.497 e. The van der Waals surface area contributed by atoms with Gasteiger partial charge in [-0.2, -0.15) is 0 Å². The molecular weight excluding hydrogens is 332 g/mol. The van der Waals surface area contributed by atoms with Crippen LogP contribution in [-0.2, 0) is 6.54 Å². The summed E-state index contributed by atoms with van der Waals surface area (Å²) in [5, 5.41) is 11.3. The zero-order chi connectivity index (χ0) is 18.7. The van der Waals surface area contributed by atoms with E-state index in [1.165, 1.54) is 12.1 Å². The summed E-state index contributed by atoms with van der Waals surface area (Å²) in [6.45, 7) is 2.43. The zero-order valence-corrected chi connectivity index (χ0v) is 14.9. The standard InChI is InChI=1S/C20H22N2O4/c1-14(16-9-10-16)21(13-15-7-11-17(26-2)12-8-15)20(23)18-5-3-4-6-19(18)22(24)25/h3-8,11-12,14,16H,9-10,13H2,1-2H3. The van der Waals surface area contributed by atoms with Gasteiger partial charge >= 0.3 is 0 Å². The smallest absolute Gasteiger partial charge is 0.282 e. The van der Waals surface area contributed by atoms with Gasteiger partial charge in [0.05, 0.1) is 12.0 Å². The molecule has 1 atom stereocenters. The Morgan fingerprint density at radius 2 is 1.88 bits per heavy atom. The number of methoxy groups -OCH3 is 1. The average molecular weight is 354 g/mol. The van der Waals surface area contributed by atoms with Crippen molar-refractivity contribution >= 4 is 11.6 Å². The third kappa shape index (κ3) is 3.85. The predicted octanol–water partition coefficient (Wildman–Crippen LogP) is 4.04. The second-order valence-corrected chi connectivity index (χ2v) is 6.63. The molecule has 1 amide bonds. The van der Waals surface area contributed by atoms with Gasteiger partial charge in [-0.25, -0.2) is 0 Å². The van der Waals surface area contributed by atoms with E-state index >= 15 is 0 Å². The van der Waals surface area contributed by atoms with Gasteiger partial charge in [-0.3, -0.25) is 14.9 Å². The van der Waals surface area contributed by atoms with Crippen molar-refractivity contribution in [2.75, 3.05) is 7.11 Å². The lowest BCUT2D eigenvalue weighted by Gasteiger charge is -2.29. The summed E-state index contributed by atoms with van der Waals surface area (Å²) in [5.74, 6) is 0.910. The minimum absolute atomic E-state index is 0.0319. The summed E-state index contributed by atoms with van der Waals surface area (Å²) in [4.78, 5) is 25.7. The number of amides is 1. The van der Waals surface area contributed by atoms with E-state index in [1.807, 2.05) is 31.2 Å². The first kappa shape index (κ1) is 17.9. The van der Waals surface area contributed by atoms with E-state index < -0.39 is 4.92 Å². The van der Waals surface area contributed by atoms with E-state index in [4.69, 9.17) is 4.74 Å². The molecule has 3 rings (SSSR count). The Kier molecular flexibility index (Phi) is 5.21. The largest absolute Gasteiger partial charge is 0.497 e. The number of benzene rings is 2. The maximum atomic E-state index is 13.2. The highest BCUT2D eigenvalue weighted by Crippen LogP contribution is 2.36. The highest BCUT2D eigenvalue weighted by Gasteiger charge is 2.36. The van der Waals surface area contributed by atoms with Crippen LogP contribution in [0.3, 0.4) is 0 Å². The fourth-order valence-electron chi connectivity index (χ4n) is 3.13. The van der Waals surface area contributed by atoms with Gasteiger partial charge in [0.1, 0.15) is 11.3 Å². The molecule has 0 aromatic heterocycles. The summed E-state index contributed by atoms with van der Waals surface area (Å²) in [6.07, 6.45) is 2.18. The Morgan fingerprint density at radius 1 is 1.23 bits per heavy atom. The van der Waals surface area contributed by atoms with Crippen LogP contribution in [0.25, 0.3) is 0 Å². The van der Waals surface area contributed by atoms with Gasteiger partial charge < -0.3 is 9.64 Å². The predicted molar refractivity (Wildman–Crippen MR) is 98.1 cm³/mol. The molecule has 2 aromatic carbocycles. The minimum atomic E-state index is -0.499. The van der Waals surface area contributed by atoms with E-state index in [0.717, 1.165) is 24.2 Å². The van der Waals surface area contributed by atoms with Crippen LogP contribution in [0.5, 0.6) is 5.75 Å². The average Bonchev–Trinajstić information content (AvgIpc) is 3.50. The van der Waals surface area contributed by atoms with Crippen LogP contribution in [0.1, 0.15) is 35.7 Å². The van der Waals surface area contributed by atoms with Crippen LogP contribution in [-0.4, -0.2) is 28.9 Å². The first-order valence-corrected chi connectivity index (χ1v) is 8.68. The first-order chi connectivity index (χ1) is 12.5. The quantitative estimate of drug-likeness (QED) is 0.555. The Bertz CT molecular complexity index is 800. The molecule has 0 spiro atoms. The molecule has 0 N–H and O–H groups in total. The maximum Gasteiger partial charge on any atom is 0.282 e. The summed E-state index contributed by atoms with van der Waals surface area (Å²) in [6, 6.07) is 13.7. The molecule has 2 aromatic rings. The van der Waals surface area contributed by atoms with Crippen molar-refractivity contribution < 1.29 is 14.5 Å². The lowest BCUT2D eigenvalue weighted by atomic mass is 10.1. The van der Waals surface area contributed by atoms with Crippen molar-refractivity contribution in [2.24, 2.45) is 5.92 Å². The Balaban J connectivity index is 1.90. The van der Waals surface area contributed by atoms with Crippen molar-refractivity contribution in [3.63, 3.8) is 0 Å². The molecule has 1 aliphatic carbocycles. The molecule has 1 fully saturated rings. The molecular formula is C20H22N2O4. The molecule has 0 bridgehead atoms. The summed E-state index contributed by atoms with van der Waals surface area (Å²) in [5.41, 5.74) is 0.948. The SMILES string of the molecule is COc1ccc(CN(C(=O)c2ccccc2[N+](=O)[O-])C(C)C2CC2)cc1. The van der Waals surface area contributed by atoms with Gasteiger partial charge in [-0.15, -0.1) is 0 Å². The topological polar surface area (TPSA) is 72.7 Å². The number of hydrogen-bond acceptors (Lipinski definition) is 4. The number of ether oxygens (including phenoxy) is 1. The van der Waals surface area contributed by atoms with Gasteiger partial charge in [-0.1, -0.05) is 24.3 Å². The van der Waals surface area contributed by atoms with Crippen LogP contribution < -0.4 is 4.74 Å².